The molecule has 0 atom stereocenters. The molecule has 0 saturated carbocycles. The van der Waals surface area contributed by atoms with Gasteiger partial charge in [-0.05, 0) is 36.4 Å². The predicted octanol–water partition coefficient (Wildman–Crippen LogP) is 4.81. The van der Waals surface area contributed by atoms with E-state index in [1.54, 1.807) is 18.2 Å². The van der Waals surface area contributed by atoms with Gasteiger partial charge in [-0.3, -0.25) is 4.79 Å². The molecule has 3 nitrogen and oxygen atoms in total. The number of benzene rings is 2. The maximum atomic E-state index is 11.8. The number of nitrogens with one attached hydrogen (secondary N) is 2. The second-order valence-corrected chi connectivity index (χ2v) is 5.80. The van der Waals surface area contributed by atoms with E-state index in [-0.39, 0.29) is 12.5 Å². The van der Waals surface area contributed by atoms with Gasteiger partial charge in [0.05, 0.1) is 17.3 Å². The highest BCUT2D eigenvalue weighted by molar-refractivity contribution is 9.10. The average Bonchev–Trinajstić information content (AvgIpc) is 2.37. The quantitative estimate of drug-likeness (QED) is 0.807. The Kier molecular flexibility index (Phi) is 5.29. The molecule has 0 heterocycles. The maximum Gasteiger partial charge on any atom is 0.243 e. The minimum atomic E-state index is -0.158. The summed E-state index contributed by atoms with van der Waals surface area (Å²) in [7, 11) is 0. The lowest BCUT2D eigenvalue weighted by molar-refractivity contribution is -0.114. The third kappa shape index (κ3) is 4.40. The van der Waals surface area contributed by atoms with Crippen molar-refractivity contribution in [2.24, 2.45) is 0 Å². The number of halogens is 3. The first-order valence-electron chi connectivity index (χ1n) is 5.79. The first-order valence-corrected chi connectivity index (χ1v) is 7.34. The molecule has 104 valence electrons. The van der Waals surface area contributed by atoms with Crippen molar-refractivity contribution in [1.29, 1.82) is 0 Å². The zero-order chi connectivity index (χ0) is 14.5. The fourth-order valence-corrected chi connectivity index (χ4v) is 2.45. The van der Waals surface area contributed by atoms with Gasteiger partial charge >= 0.3 is 0 Å². The standard InChI is InChI=1S/C14H11BrCl2N2O/c15-9-2-1-3-11(6-9)19-14(20)8-18-13-5-4-10(16)7-12(13)17/h1-7,18H,8H2,(H,19,20). The van der Waals surface area contributed by atoms with Gasteiger partial charge in [0.1, 0.15) is 0 Å². The average molecular weight is 374 g/mol. The topological polar surface area (TPSA) is 41.1 Å². The van der Waals surface area contributed by atoms with E-state index in [9.17, 15) is 4.79 Å². The Morgan fingerprint density at radius 2 is 1.95 bits per heavy atom. The van der Waals surface area contributed by atoms with E-state index in [0.29, 0.717) is 15.7 Å². The molecule has 0 aliphatic rings. The van der Waals surface area contributed by atoms with Crippen molar-refractivity contribution >= 4 is 56.4 Å². The van der Waals surface area contributed by atoms with Gasteiger partial charge in [-0.15, -0.1) is 0 Å². The van der Waals surface area contributed by atoms with Gasteiger partial charge in [0.15, 0.2) is 0 Å². The molecule has 0 aliphatic carbocycles. The van der Waals surface area contributed by atoms with E-state index < -0.39 is 0 Å². The molecule has 0 spiro atoms. The van der Waals surface area contributed by atoms with Crippen LogP contribution in [0.15, 0.2) is 46.9 Å². The number of anilines is 2. The van der Waals surface area contributed by atoms with E-state index in [1.807, 2.05) is 24.3 Å². The van der Waals surface area contributed by atoms with Crippen LogP contribution >= 0.6 is 39.1 Å². The number of rotatable bonds is 4. The molecule has 2 aromatic carbocycles. The molecule has 2 aromatic rings. The molecule has 0 aliphatic heterocycles. The zero-order valence-electron chi connectivity index (χ0n) is 10.3. The lowest BCUT2D eigenvalue weighted by atomic mass is 10.3. The molecule has 2 rings (SSSR count). The van der Waals surface area contributed by atoms with Gasteiger partial charge in [-0.25, -0.2) is 0 Å². The summed E-state index contributed by atoms with van der Waals surface area (Å²) in [6.45, 7) is 0.119. The molecular weight excluding hydrogens is 363 g/mol. The monoisotopic (exact) mass is 372 g/mol. The van der Waals surface area contributed by atoms with Crippen LogP contribution in [0.2, 0.25) is 10.0 Å². The molecule has 1 amide bonds. The summed E-state index contributed by atoms with van der Waals surface area (Å²) in [6, 6.07) is 12.5. The molecule has 2 N–H and O–H groups in total. The summed E-state index contributed by atoms with van der Waals surface area (Å²) in [5, 5.41) is 6.78. The first kappa shape index (κ1) is 15.2. The molecule has 0 saturated heterocycles. The Labute approximate surface area is 135 Å². The van der Waals surface area contributed by atoms with Crippen molar-refractivity contribution in [2.75, 3.05) is 17.2 Å². The second kappa shape index (κ2) is 6.97. The highest BCUT2D eigenvalue weighted by Gasteiger charge is 2.05. The largest absolute Gasteiger partial charge is 0.375 e. The smallest absolute Gasteiger partial charge is 0.243 e. The van der Waals surface area contributed by atoms with Crippen LogP contribution < -0.4 is 10.6 Å². The Morgan fingerprint density at radius 3 is 2.65 bits per heavy atom. The summed E-state index contributed by atoms with van der Waals surface area (Å²) in [4.78, 5) is 11.8. The van der Waals surface area contributed by atoms with Gasteiger partial charge in [0.2, 0.25) is 5.91 Å². The Hall–Kier alpha value is -1.23. The molecule has 0 radical (unpaired) electrons. The fourth-order valence-electron chi connectivity index (χ4n) is 1.58. The summed E-state index contributed by atoms with van der Waals surface area (Å²) in [5.74, 6) is -0.158. The van der Waals surface area contributed by atoms with Crippen molar-refractivity contribution < 1.29 is 4.79 Å². The van der Waals surface area contributed by atoms with Gasteiger partial charge < -0.3 is 10.6 Å². The first-order chi connectivity index (χ1) is 9.54. The summed E-state index contributed by atoms with van der Waals surface area (Å²) in [5.41, 5.74) is 1.40. The molecular formula is C14H11BrCl2N2O. The van der Waals surface area contributed by atoms with Crippen molar-refractivity contribution in [2.45, 2.75) is 0 Å². The highest BCUT2D eigenvalue weighted by Crippen LogP contribution is 2.25. The van der Waals surface area contributed by atoms with Crippen LogP contribution in [0.1, 0.15) is 0 Å². The number of hydrogen-bond donors (Lipinski definition) is 2. The lowest BCUT2D eigenvalue weighted by Crippen LogP contribution is -2.21. The van der Waals surface area contributed by atoms with Crippen LogP contribution in [0.25, 0.3) is 0 Å². The van der Waals surface area contributed by atoms with Crippen LogP contribution in [0.4, 0.5) is 11.4 Å². The zero-order valence-corrected chi connectivity index (χ0v) is 13.4. The summed E-state index contributed by atoms with van der Waals surface area (Å²) in [6.07, 6.45) is 0. The number of amides is 1. The van der Waals surface area contributed by atoms with Gasteiger partial charge in [0.25, 0.3) is 0 Å². The van der Waals surface area contributed by atoms with Crippen LogP contribution in [0.3, 0.4) is 0 Å². The number of carbonyl (C=O) groups excluding carboxylic acids is 1. The van der Waals surface area contributed by atoms with Crippen molar-refractivity contribution in [3.8, 4) is 0 Å². The summed E-state index contributed by atoms with van der Waals surface area (Å²) < 4.78 is 0.906. The van der Waals surface area contributed by atoms with Gasteiger partial charge in [-0.1, -0.05) is 45.2 Å². The minimum absolute atomic E-state index is 0.119. The Morgan fingerprint density at radius 1 is 1.15 bits per heavy atom. The molecule has 0 aromatic heterocycles. The normalized spacial score (nSPS) is 10.2. The number of hydrogen-bond acceptors (Lipinski definition) is 2. The van der Waals surface area contributed by atoms with Gasteiger partial charge in [0, 0.05) is 15.2 Å². The molecule has 20 heavy (non-hydrogen) atoms. The van der Waals surface area contributed by atoms with Crippen LogP contribution in [0, 0.1) is 0 Å². The van der Waals surface area contributed by atoms with Crippen molar-refractivity contribution in [1.82, 2.24) is 0 Å². The van der Waals surface area contributed by atoms with Crippen LogP contribution in [0.5, 0.6) is 0 Å². The molecule has 0 unspecified atom stereocenters. The molecule has 0 fully saturated rings. The van der Waals surface area contributed by atoms with Crippen molar-refractivity contribution in [3.63, 3.8) is 0 Å². The van der Waals surface area contributed by atoms with E-state index in [4.69, 9.17) is 23.2 Å². The molecule has 6 heteroatoms. The van der Waals surface area contributed by atoms with Gasteiger partial charge in [-0.2, -0.15) is 0 Å². The fraction of sp³-hybridized carbons (Fsp3) is 0.0714. The van der Waals surface area contributed by atoms with E-state index in [0.717, 1.165) is 10.2 Å². The van der Waals surface area contributed by atoms with Crippen molar-refractivity contribution in [3.05, 3.63) is 57.0 Å². The third-order valence-electron chi connectivity index (χ3n) is 2.48. The van der Waals surface area contributed by atoms with E-state index in [2.05, 4.69) is 26.6 Å². The minimum Gasteiger partial charge on any atom is -0.375 e. The summed E-state index contributed by atoms with van der Waals surface area (Å²) >= 11 is 15.2. The van der Waals surface area contributed by atoms with E-state index in [1.165, 1.54) is 0 Å². The van der Waals surface area contributed by atoms with Crippen LogP contribution in [-0.4, -0.2) is 12.5 Å². The highest BCUT2D eigenvalue weighted by atomic mass is 79.9. The molecule has 0 bridgehead atoms. The predicted molar refractivity (Wildman–Crippen MR) is 87.7 cm³/mol. The second-order valence-electron chi connectivity index (χ2n) is 4.04. The third-order valence-corrected chi connectivity index (χ3v) is 3.52. The maximum absolute atomic E-state index is 11.8. The Balaban J connectivity index is 1.92. The SMILES string of the molecule is O=C(CNc1ccc(Cl)cc1Cl)Nc1cccc(Br)c1. The Bertz CT molecular complexity index is 634. The van der Waals surface area contributed by atoms with Crippen LogP contribution in [-0.2, 0) is 4.79 Å². The van der Waals surface area contributed by atoms with E-state index >= 15 is 0 Å². The number of carbonyl (C=O) groups is 1. The lowest BCUT2D eigenvalue weighted by Gasteiger charge is -2.09.